The fourth-order valence-corrected chi connectivity index (χ4v) is 2.28. The quantitative estimate of drug-likeness (QED) is 0.646. The lowest BCUT2D eigenvalue weighted by molar-refractivity contribution is 0.460. The average Bonchev–Trinajstić information content (AvgIpc) is 2.35. The maximum atomic E-state index is 11.2. The van der Waals surface area contributed by atoms with E-state index in [1.807, 2.05) is 37.3 Å². The van der Waals surface area contributed by atoms with E-state index < -0.39 is 5.56 Å². The van der Waals surface area contributed by atoms with Gasteiger partial charge >= 0.3 is 0 Å². The molecule has 0 aliphatic carbocycles. The first kappa shape index (κ1) is 11.7. The van der Waals surface area contributed by atoms with Crippen LogP contribution in [0.1, 0.15) is 17.7 Å². The smallest absolute Gasteiger partial charge is 0.293 e. The summed E-state index contributed by atoms with van der Waals surface area (Å²) < 4.78 is 0. The van der Waals surface area contributed by atoms with Crippen molar-refractivity contribution >= 4 is 11.8 Å². The first-order chi connectivity index (χ1) is 8.16. The molecule has 1 heterocycles. The summed E-state index contributed by atoms with van der Waals surface area (Å²) in [7, 11) is 0. The van der Waals surface area contributed by atoms with E-state index in [9.17, 15) is 4.79 Å². The fourth-order valence-electron chi connectivity index (χ4n) is 1.39. The van der Waals surface area contributed by atoms with Gasteiger partial charge in [-0.15, -0.1) is 0 Å². The Hall–Kier alpha value is -1.75. The van der Waals surface area contributed by atoms with Crippen molar-refractivity contribution in [3.8, 4) is 5.75 Å². The third-order valence-electron chi connectivity index (χ3n) is 2.31. The van der Waals surface area contributed by atoms with Crippen molar-refractivity contribution in [2.45, 2.75) is 17.3 Å². The first-order valence-corrected chi connectivity index (χ1v) is 6.04. The largest absolute Gasteiger partial charge is 0.502 e. The van der Waals surface area contributed by atoms with Crippen LogP contribution in [-0.4, -0.2) is 15.1 Å². The molecule has 0 saturated heterocycles. The third-order valence-corrected chi connectivity index (χ3v) is 3.37. The van der Waals surface area contributed by atoms with Crippen LogP contribution >= 0.6 is 11.8 Å². The SMILES string of the molecule is CC(Sc1ncc(O)c(=O)[nH]1)c1ccccc1. The van der Waals surface area contributed by atoms with Crippen molar-refractivity contribution in [1.82, 2.24) is 9.97 Å². The fraction of sp³-hybridized carbons (Fsp3) is 0.167. The lowest BCUT2D eigenvalue weighted by atomic mass is 10.2. The van der Waals surface area contributed by atoms with Crippen LogP contribution in [0, 0.1) is 0 Å². The average molecular weight is 248 g/mol. The van der Waals surface area contributed by atoms with Gasteiger partial charge in [0, 0.05) is 5.25 Å². The topological polar surface area (TPSA) is 66.0 Å². The number of H-pyrrole nitrogens is 1. The number of aromatic hydroxyl groups is 1. The normalized spacial score (nSPS) is 12.3. The van der Waals surface area contributed by atoms with E-state index in [1.165, 1.54) is 18.0 Å². The van der Waals surface area contributed by atoms with E-state index in [0.29, 0.717) is 5.16 Å². The molecule has 2 rings (SSSR count). The number of aromatic amines is 1. The number of nitrogens with zero attached hydrogens (tertiary/aromatic N) is 1. The second kappa shape index (κ2) is 5.05. The molecular weight excluding hydrogens is 236 g/mol. The summed E-state index contributed by atoms with van der Waals surface area (Å²) in [4.78, 5) is 17.7. The zero-order valence-corrected chi connectivity index (χ0v) is 10.1. The predicted molar refractivity (Wildman–Crippen MR) is 67.2 cm³/mol. The summed E-state index contributed by atoms with van der Waals surface area (Å²) in [5.74, 6) is -0.360. The van der Waals surface area contributed by atoms with E-state index in [-0.39, 0.29) is 11.0 Å². The van der Waals surface area contributed by atoms with Gasteiger partial charge in [-0.2, -0.15) is 0 Å². The Morgan fingerprint density at radius 2 is 2.06 bits per heavy atom. The number of hydrogen-bond acceptors (Lipinski definition) is 4. The van der Waals surface area contributed by atoms with Gasteiger partial charge in [-0.25, -0.2) is 4.98 Å². The molecule has 2 N–H and O–H groups in total. The van der Waals surface area contributed by atoms with Crippen LogP contribution < -0.4 is 5.56 Å². The zero-order chi connectivity index (χ0) is 12.3. The highest BCUT2D eigenvalue weighted by Gasteiger charge is 2.09. The molecule has 0 aliphatic heterocycles. The van der Waals surface area contributed by atoms with Gasteiger partial charge in [0.15, 0.2) is 10.9 Å². The maximum absolute atomic E-state index is 11.2. The predicted octanol–water partition coefficient (Wildman–Crippen LogP) is 2.33. The van der Waals surface area contributed by atoms with Crippen molar-refractivity contribution in [2.24, 2.45) is 0 Å². The Labute approximate surface area is 103 Å². The lowest BCUT2D eigenvalue weighted by Gasteiger charge is -2.10. The molecule has 2 aromatic rings. The highest BCUT2D eigenvalue weighted by atomic mass is 32.2. The summed E-state index contributed by atoms with van der Waals surface area (Å²) in [5, 5.41) is 9.77. The third kappa shape index (κ3) is 2.88. The number of rotatable bonds is 3. The molecule has 0 bridgehead atoms. The molecule has 0 radical (unpaired) electrons. The van der Waals surface area contributed by atoms with Gasteiger partial charge in [0.1, 0.15) is 0 Å². The molecular formula is C12H12N2O2S. The number of hydrogen-bond donors (Lipinski definition) is 2. The van der Waals surface area contributed by atoms with Crippen LogP contribution in [-0.2, 0) is 0 Å². The van der Waals surface area contributed by atoms with Crippen LogP contribution in [0.3, 0.4) is 0 Å². The summed E-state index contributed by atoms with van der Waals surface area (Å²) in [5.41, 5.74) is 0.649. The number of benzene rings is 1. The minimum atomic E-state index is -0.511. The van der Waals surface area contributed by atoms with Gasteiger partial charge in [0.05, 0.1) is 6.20 Å². The Kier molecular flexibility index (Phi) is 3.49. The van der Waals surface area contributed by atoms with Gasteiger partial charge in [0.25, 0.3) is 5.56 Å². The second-order valence-electron chi connectivity index (χ2n) is 3.57. The summed E-state index contributed by atoms with van der Waals surface area (Å²) in [6.07, 6.45) is 1.17. The van der Waals surface area contributed by atoms with Crippen LogP contribution in [0.4, 0.5) is 0 Å². The van der Waals surface area contributed by atoms with Gasteiger partial charge < -0.3 is 5.11 Å². The van der Waals surface area contributed by atoms with Gasteiger partial charge in [-0.3, -0.25) is 9.78 Å². The Morgan fingerprint density at radius 1 is 1.35 bits per heavy atom. The van der Waals surface area contributed by atoms with Crippen LogP contribution in [0.5, 0.6) is 5.75 Å². The second-order valence-corrected chi connectivity index (χ2v) is 4.90. The number of thioether (sulfide) groups is 1. The van der Waals surface area contributed by atoms with Crippen molar-refractivity contribution in [2.75, 3.05) is 0 Å². The molecule has 17 heavy (non-hydrogen) atoms. The Bertz CT molecular complexity index is 554. The maximum Gasteiger partial charge on any atom is 0.293 e. The molecule has 1 aromatic heterocycles. The molecule has 0 fully saturated rings. The molecule has 1 unspecified atom stereocenters. The zero-order valence-electron chi connectivity index (χ0n) is 9.25. The monoisotopic (exact) mass is 248 g/mol. The molecule has 5 heteroatoms. The van der Waals surface area contributed by atoms with Crippen molar-refractivity contribution in [3.63, 3.8) is 0 Å². The number of nitrogens with one attached hydrogen (secondary N) is 1. The van der Waals surface area contributed by atoms with E-state index in [2.05, 4.69) is 9.97 Å². The van der Waals surface area contributed by atoms with Crippen LogP contribution in [0.2, 0.25) is 0 Å². The van der Waals surface area contributed by atoms with E-state index in [4.69, 9.17) is 5.11 Å². The Morgan fingerprint density at radius 3 is 2.71 bits per heavy atom. The minimum absolute atomic E-state index is 0.184. The van der Waals surface area contributed by atoms with Crippen molar-refractivity contribution in [1.29, 1.82) is 0 Å². The van der Waals surface area contributed by atoms with E-state index >= 15 is 0 Å². The highest BCUT2D eigenvalue weighted by Crippen LogP contribution is 2.31. The summed E-state index contributed by atoms with van der Waals surface area (Å²) >= 11 is 1.44. The Balaban J connectivity index is 2.16. The van der Waals surface area contributed by atoms with E-state index in [0.717, 1.165) is 5.56 Å². The molecule has 1 aromatic carbocycles. The molecule has 1 atom stereocenters. The molecule has 88 valence electrons. The molecule has 4 nitrogen and oxygen atoms in total. The van der Waals surface area contributed by atoms with Gasteiger partial charge in [-0.05, 0) is 12.5 Å². The van der Waals surface area contributed by atoms with Crippen LogP contribution in [0.15, 0.2) is 46.5 Å². The summed E-state index contributed by atoms with van der Waals surface area (Å²) in [6, 6.07) is 9.95. The molecule has 0 saturated carbocycles. The van der Waals surface area contributed by atoms with Gasteiger partial charge in [0.2, 0.25) is 0 Å². The number of aromatic nitrogens is 2. The standard InChI is InChI=1S/C12H12N2O2S/c1-8(9-5-3-2-4-6-9)17-12-13-7-10(15)11(16)14-12/h2-8,15H,1H3,(H,13,14,16). The summed E-state index contributed by atoms with van der Waals surface area (Å²) in [6.45, 7) is 2.03. The molecule has 0 aliphatic rings. The van der Waals surface area contributed by atoms with E-state index in [1.54, 1.807) is 0 Å². The molecule has 0 spiro atoms. The highest BCUT2D eigenvalue weighted by molar-refractivity contribution is 7.99. The van der Waals surface area contributed by atoms with Crippen molar-refractivity contribution in [3.05, 3.63) is 52.4 Å². The van der Waals surface area contributed by atoms with Gasteiger partial charge in [-0.1, -0.05) is 42.1 Å². The van der Waals surface area contributed by atoms with Crippen LogP contribution in [0.25, 0.3) is 0 Å². The minimum Gasteiger partial charge on any atom is -0.502 e. The van der Waals surface area contributed by atoms with Crippen molar-refractivity contribution < 1.29 is 5.11 Å². The molecule has 0 amide bonds. The lowest BCUT2D eigenvalue weighted by Crippen LogP contribution is -2.07. The first-order valence-electron chi connectivity index (χ1n) is 5.16.